The summed E-state index contributed by atoms with van der Waals surface area (Å²) in [5.41, 5.74) is 5.56. The third kappa shape index (κ3) is 1.32. The number of benzene rings is 1. The predicted molar refractivity (Wildman–Crippen MR) is 63.1 cm³/mol. The Kier molecular flexibility index (Phi) is 1.78. The van der Waals surface area contributed by atoms with Crippen molar-refractivity contribution >= 4 is 6.08 Å². The zero-order valence-corrected chi connectivity index (χ0v) is 8.77. The second-order valence-electron chi connectivity index (χ2n) is 4.11. The molecule has 0 atom stereocenters. The van der Waals surface area contributed by atoms with Crippen LogP contribution in [-0.4, -0.2) is 4.57 Å². The molecule has 0 saturated carbocycles. The molecule has 74 valence electrons. The summed E-state index contributed by atoms with van der Waals surface area (Å²) in [4.78, 5) is 0. The molecule has 0 amide bonds. The molecule has 3 rings (SSSR count). The molecular weight excluding hydrogens is 182 g/mol. The summed E-state index contributed by atoms with van der Waals surface area (Å²) in [6.45, 7) is 2.19. The highest BCUT2D eigenvalue weighted by Gasteiger charge is 2.13. The molecule has 0 unspecified atom stereocenters. The Morgan fingerprint density at radius 3 is 2.67 bits per heavy atom. The molecule has 0 fully saturated rings. The van der Waals surface area contributed by atoms with Crippen LogP contribution in [0.2, 0.25) is 0 Å². The number of fused-ring (bicyclic) bond motifs is 1. The molecule has 1 aromatic carbocycles. The standard InChI is InChI=1S/C14H13N/c1-11-9-12-5-4-6-14(13(12)10-11)15-7-2-3-8-15/h2-8,10H,9H2,1H3. The summed E-state index contributed by atoms with van der Waals surface area (Å²) in [5, 5.41) is 0. The van der Waals surface area contributed by atoms with Crippen molar-refractivity contribution in [2.24, 2.45) is 0 Å². The molecule has 0 N–H and O–H groups in total. The molecular formula is C14H13N. The Bertz CT molecular complexity index is 518. The molecule has 1 heteroatoms. The van der Waals surface area contributed by atoms with Gasteiger partial charge < -0.3 is 4.57 Å². The summed E-state index contributed by atoms with van der Waals surface area (Å²) < 4.78 is 2.17. The Hall–Kier alpha value is -1.76. The van der Waals surface area contributed by atoms with E-state index in [0.717, 1.165) is 6.42 Å². The smallest absolute Gasteiger partial charge is 0.0524 e. The second kappa shape index (κ2) is 3.13. The van der Waals surface area contributed by atoms with E-state index in [-0.39, 0.29) is 0 Å². The van der Waals surface area contributed by atoms with E-state index in [1.54, 1.807) is 0 Å². The van der Waals surface area contributed by atoms with E-state index < -0.39 is 0 Å². The third-order valence-corrected chi connectivity index (χ3v) is 2.92. The first-order chi connectivity index (χ1) is 7.34. The SMILES string of the molecule is CC1=Cc2c(cccc2-n2cccc2)C1. The van der Waals surface area contributed by atoms with Gasteiger partial charge in [0.25, 0.3) is 0 Å². The van der Waals surface area contributed by atoms with Crippen LogP contribution in [0.25, 0.3) is 11.8 Å². The van der Waals surface area contributed by atoms with E-state index in [0.29, 0.717) is 0 Å². The van der Waals surface area contributed by atoms with Gasteiger partial charge in [0.1, 0.15) is 0 Å². The highest BCUT2D eigenvalue weighted by Crippen LogP contribution is 2.29. The van der Waals surface area contributed by atoms with Gasteiger partial charge in [-0.1, -0.05) is 23.8 Å². The Morgan fingerprint density at radius 1 is 1.07 bits per heavy atom. The van der Waals surface area contributed by atoms with Crippen LogP contribution in [0.1, 0.15) is 18.1 Å². The van der Waals surface area contributed by atoms with Crippen LogP contribution in [0.5, 0.6) is 0 Å². The van der Waals surface area contributed by atoms with Gasteiger partial charge in [0.15, 0.2) is 0 Å². The lowest BCUT2D eigenvalue weighted by Crippen LogP contribution is -1.94. The van der Waals surface area contributed by atoms with E-state index >= 15 is 0 Å². The van der Waals surface area contributed by atoms with Crippen LogP contribution in [0, 0.1) is 0 Å². The summed E-state index contributed by atoms with van der Waals surface area (Å²) in [5.74, 6) is 0. The van der Waals surface area contributed by atoms with Crippen molar-refractivity contribution in [1.29, 1.82) is 0 Å². The molecule has 1 aromatic heterocycles. The topological polar surface area (TPSA) is 4.93 Å². The highest BCUT2D eigenvalue weighted by atomic mass is 14.9. The molecule has 1 heterocycles. The number of allylic oxidation sites excluding steroid dienone is 1. The number of aromatic nitrogens is 1. The van der Waals surface area contributed by atoms with Crippen molar-refractivity contribution in [1.82, 2.24) is 4.57 Å². The number of hydrogen-bond donors (Lipinski definition) is 0. The number of hydrogen-bond acceptors (Lipinski definition) is 0. The highest BCUT2D eigenvalue weighted by molar-refractivity contribution is 5.70. The van der Waals surface area contributed by atoms with Crippen LogP contribution in [0.15, 0.2) is 48.3 Å². The normalized spacial score (nSPS) is 13.8. The van der Waals surface area contributed by atoms with E-state index in [1.807, 2.05) is 0 Å². The van der Waals surface area contributed by atoms with E-state index in [2.05, 4.69) is 60.3 Å². The Morgan fingerprint density at radius 2 is 1.87 bits per heavy atom. The quantitative estimate of drug-likeness (QED) is 0.657. The lowest BCUT2D eigenvalue weighted by molar-refractivity contribution is 1.07. The van der Waals surface area contributed by atoms with Crippen molar-refractivity contribution in [3.8, 4) is 5.69 Å². The maximum atomic E-state index is 2.30. The molecule has 0 spiro atoms. The predicted octanol–water partition coefficient (Wildman–Crippen LogP) is 3.44. The molecule has 1 nitrogen and oxygen atoms in total. The molecule has 15 heavy (non-hydrogen) atoms. The molecule has 1 aliphatic rings. The molecule has 1 aliphatic carbocycles. The van der Waals surface area contributed by atoms with Gasteiger partial charge >= 0.3 is 0 Å². The Balaban J connectivity index is 2.22. The molecule has 0 saturated heterocycles. The fourth-order valence-electron chi connectivity index (χ4n) is 2.24. The van der Waals surface area contributed by atoms with E-state index in [1.165, 1.54) is 22.4 Å². The van der Waals surface area contributed by atoms with E-state index in [9.17, 15) is 0 Å². The lowest BCUT2D eigenvalue weighted by atomic mass is 10.1. The van der Waals surface area contributed by atoms with Gasteiger partial charge in [-0.2, -0.15) is 0 Å². The largest absolute Gasteiger partial charge is 0.323 e. The maximum absolute atomic E-state index is 2.30. The van der Waals surface area contributed by atoms with Crippen molar-refractivity contribution in [2.45, 2.75) is 13.3 Å². The molecule has 0 bridgehead atoms. The first-order valence-electron chi connectivity index (χ1n) is 5.27. The summed E-state index contributed by atoms with van der Waals surface area (Å²) in [6, 6.07) is 10.7. The summed E-state index contributed by atoms with van der Waals surface area (Å²) in [6.07, 6.45) is 7.59. The monoisotopic (exact) mass is 195 g/mol. The van der Waals surface area contributed by atoms with Gasteiger partial charge in [0, 0.05) is 18.0 Å². The first kappa shape index (κ1) is 8.54. The Labute approximate surface area is 89.7 Å². The van der Waals surface area contributed by atoms with Crippen LogP contribution in [0.3, 0.4) is 0 Å². The van der Waals surface area contributed by atoms with Crippen LogP contribution < -0.4 is 0 Å². The third-order valence-electron chi connectivity index (χ3n) is 2.92. The average molecular weight is 195 g/mol. The maximum Gasteiger partial charge on any atom is 0.0524 e. The zero-order valence-electron chi connectivity index (χ0n) is 8.77. The van der Waals surface area contributed by atoms with Crippen molar-refractivity contribution in [3.63, 3.8) is 0 Å². The summed E-state index contributed by atoms with van der Waals surface area (Å²) >= 11 is 0. The van der Waals surface area contributed by atoms with Gasteiger partial charge in [0.2, 0.25) is 0 Å². The van der Waals surface area contributed by atoms with Crippen LogP contribution >= 0.6 is 0 Å². The lowest BCUT2D eigenvalue weighted by Gasteiger charge is -2.08. The zero-order chi connectivity index (χ0) is 10.3. The number of rotatable bonds is 1. The van der Waals surface area contributed by atoms with Crippen LogP contribution in [-0.2, 0) is 6.42 Å². The van der Waals surface area contributed by atoms with Gasteiger partial charge in [-0.05, 0) is 37.1 Å². The summed E-state index contributed by atoms with van der Waals surface area (Å²) in [7, 11) is 0. The first-order valence-corrected chi connectivity index (χ1v) is 5.27. The molecule has 0 aliphatic heterocycles. The average Bonchev–Trinajstić information content (AvgIpc) is 2.82. The van der Waals surface area contributed by atoms with Crippen molar-refractivity contribution < 1.29 is 0 Å². The fourth-order valence-corrected chi connectivity index (χ4v) is 2.24. The second-order valence-corrected chi connectivity index (χ2v) is 4.11. The van der Waals surface area contributed by atoms with Crippen molar-refractivity contribution in [2.75, 3.05) is 0 Å². The van der Waals surface area contributed by atoms with Gasteiger partial charge in [0.05, 0.1) is 5.69 Å². The minimum Gasteiger partial charge on any atom is -0.323 e. The minimum absolute atomic E-state index is 1.10. The fraction of sp³-hybridized carbons (Fsp3) is 0.143. The molecule has 0 radical (unpaired) electrons. The van der Waals surface area contributed by atoms with E-state index in [4.69, 9.17) is 0 Å². The van der Waals surface area contributed by atoms with Gasteiger partial charge in [-0.15, -0.1) is 0 Å². The molecule has 2 aromatic rings. The van der Waals surface area contributed by atoms with Gasteiger partial charge in [-0.3, -0.25) is 0 Å². The number of nitrogens with zero attached hydrogens (tertiary/aromatic N) is 1. The van der Waals surface area contributed by atoms with Crippen molar-refractivity contribution in [3.05, 3.63) is 59.4 Å². The van der Waals surface area contributed by atoms with Crippen LogP contribution in [0.4, 0.5) is 0 Å². The van der Waals surface area contributed by atoms with Gasteiger partial charge in [-0.25, -0.2) is 0 Å². The minimum atomic E-state index is 1.10.